The SMILES string of the molecule is C=C(C)C(=O)OCCOc1nc(Cl)nc(Nc2cc(Nc3cc(S(=O)(=O)O)c(N)c4c3C(=O)c3ccccc3C4=O)ccc2S(=O)(=O)O)n1. The number of aromatic nitrogens is 3. The van der Waals surface area contributed by atoms with Crippen LogP contribution < -0.4 is 21.1 Å². The number of rotatable bonds is 11. The third-order valence-corrected chi connectivity index (χ3v) is 8.72. The average molecular weight is 731 g/mol. The van der Waals surface area contributed by atoms with Crippen molar-refractivity contribution in [1.82, 2.24) is 15.0 Å². The van der Waals surface area contributed by atoms with Crippen LogP contribution in [0, 0.1) is 0 Å². The molecule has 0 fully saturated rings. The number of anilines is 5. The Bertz CT molecular complexity index is 2320. The second-order valence-corrected chi connectivity index (χ2v) is 13.3. The zero-order chi connectivity index (χ0) is 35.8. The van der Waals surface area contributed by atoms with Gasteiger partial charge in [-0.1, -0.05) is 30.8 Å². The number of nitrogens with zero attached hydrogens (tertiary/aromatic N) is 3. The molecule has 20 heteroatoms. The van der Waals surface area contributed by atoms with E-state index in [0.29, 0.717) is 0 Å². The molecule has 49 heavy (non-hydrogen) atoms. The number of hydrogen-bond acceptors (Lipinski definition) is 15. The average Bonchev–Trinajstić information content (AvgIpc) is 3.01. The zero-order valence-electron chi connectivity index (χ0n) is 24.9. The minimum absolute atomic E-state index is 0.00449. The molecule has 0 atom stereocenters. The van der Waals surface area contributed by atoms with E-state index in [1.165, 1.54) is 31.2 Å². The molecule has 254 valence electrons. The Labute approximate surface area is 282 Å². The normalized spacial score (nSPS) is 12.5. The fourth-order valence-corrected chi connectivity index (χ4v) is 6.08. The first kappa shape index (κ1) is 34.9. The van der Waals surface area contributed by atoms with E-state index >= 15 is 0 Å². The number of fused-ring (bicyclic) bond motifs is 2. The molecule has 0 saturated carbocycles. The topological polar surface area (TPSA) is 267 Å². The summed E-state index contributed by atoms with van der Waals surface area (Å²) in [5.41, 5.74) is 4.02. The monoisotopic (exact) mass is 730 g/mol. The molecular weight excluding hydrogens is 708 g/mol. The van der Waals surface area contributed by atoms with E-state index in [1.54, 1.807) is 0 Å². The third-order valence-electron chi connectivity index (χ3n) is 6.74. The number of benzene rings is 3. The van der Waals surface area contributed by atoms with Gasteiger partial charge < -0.3 is 25.8 Å². The van der Waals surface area contributed by atoms with E-state index in [2.05, 4.69) is 32.2 Å². The Balaban J connectivity index is 1.54. The highest BCUT2D eigenvalue weighted by Crippen LogP contribution is 2.40. The minimum Gasteiger partial charge on any atom is -0.460 e. The van der Waals surface area contributed by atoms with E-state index < -0.39 is 64.1 Å². The molecule has 1 heterocycles. The number of carbonyl (C=O) groups is 3. The molecule has 3 aromatic carbocycles. The van der Waals surface area contributed by atoms with Gasteiger partial charge in [-0.3, -0.25) is 18.7 Å². The molecule has 0 bridgehead atoms. The van der Waals surface area contributed by atoms with E-state index in [1.807, 2.05) is 0 Å². The van der Waals surface area contributed by atoms with Gasteiger partial charge in [-0.15, -0.1) is 0 Å². The van der Waals surface area contributed by atoms with Crippen molar-refractivity contribution in [2.75, 3.05) is 29.6 Å². The van der Waals surface area contributed by atoms with Crippen molar-refractivity contribution in [1.29, 1.82) is 0 Å². The molecule has 1 aromatic heterocycles. The largest absolute Gasteiger partial charge is 0.460 e. The second kappa shape index (κ2) is 13.2. The summed E-state index contributed by atoms with van der Waals surface area (Å²) in [7, 11) is -9.93. The fourth-order valence-electron chi connectivity index (χ4n) is 4.65. The van der Waals surface area contributed by atoms with E-state index in [0.717, 1.165) is 24.3 Å². The lowest BCUT2D eigenvalue weighted by Crippen LogP contribution is -2.25. The van der Waals surface area contributed by atoms with Gasteiger partial charge in [0.05, 0.1) is 28.2 Å². The minimum atomic E-state index is -5.03. The van der Waals surface area contributed by atoms with E-state index in [9.17, 15) is 40.3 Å². The molecule has 0 spiro atoms. The quantitative estimate of drug-likeness (QED) is 0.0428. The summed E-state index contributed by atoms with van der Waals surface area (Å²) in [6, 6.07) is 9.47. The van der Waals surface area contributed by atoms with Crippen molar-refractivity contribution >= 4 is 78.1 Å². The lowest BCUT2D eigenvalue weighted by Gasteiger charge is -2.24. The second-order valence-electron chi connectivity index (χ2n) is 10.2. The van der Waals surface area contributed by atoms with Crippen molar-refractivity contribution in [2.24, 2.45) is 0 Å². The molecule has 0 saturated heterocycles. The summed E-state index contributed by atoms with van der Waals surface area (Å²) in [6.45, 7) is 4.50. The molecule has 1 aliphatic rings. The van der Waals surface area contributed by atoms with Crippen molar-refractivity contribution < 1.29 is 49.8 Å². The van der Waals surface area contributed by atoms with Gasteiger partial charge in [0.25, 0.3) is 20.2 Å². The van der Waals surface area contributed by atoms with E-state index in [-0.39, 0.29) is 64.5 Å². The molecule has 1 aliphatic carbocycles. The molecule has 4 aromatic rings. The number of ether oxygens (including phenoxy) is 2. The van der Waals surface area contributed by atoms with Crippen molar-refractivity contribution in [3.05, 3.63) is 88.2 Å². The zero-order valence-corrected chi connectivity index (χ0v) is 27.3. The summed E-state index contributed by atoms with van der Waals surface area (Å²) in [4.78, 5) is 48.7. The number of nitrogens with one attached hydrogen (secondary N) is 2. The van der Waals surface area contributed by atoms with E-state index in [4.69, 9.17) is 26.8 Å². The molecule has 0 unspecified atom stereocenters. The number of ketones is 2. The summed E-state index contributed by atoms with van der Waals surface area (Å²) < 4.78 is 79.1. The highest BCUT2D eigenvalue weighted by atomic mass is 35.5. The smallest absolute Gasteiger partial charge is 0.333 e. The predicted octanol–water partition coefficient (Wildman–Crippen LogP) is 3.36. The maximum Gasteiger partial charge on any atom is 0.333 e. The molecule has 0 radical (unpaired) electrons. The standard InChI is InChI=1S/C29H23ClN6O11S2/c1-13(2)26(39)46-9-10-47-29-35-27(30)34-28(36-29)33-17-11-14(7-8-19(17)48(40,41)42)32-18-12-20(49(43,44)45)23(31)22-21(18)24(37)15-5-3-4-6-16(15)25(22)38/h3-8,11-12,32H,1,9-10,31H2,2H3,(H,40,41,42)(H,43,44,45)(H,33,34,35,36). The summed E-state index contributed by atoms with van der Waals surface area (Å²) in [5, 5.41) is 4.93. The summed E-state index contributed by atoms with van der Waals surface area (Å²) in [6.07, 6.45) is 0. The first-order valence-corrected chi connectivity index (χ1v) is 16.9. The highest BCUT2D eigenvalue weighted by Gasteiger charge is 2.36. The maximum absolute atomic E-state index is 13.6. The number of esters is 1. The van der Waals surface area contributed by atoms with Crippen LogP contribution in [-0.4, -0.2) is 71.6 Å². The van der Waals surface area contributed by atoms with Crippen LogP contribution in [0.25, 0.3) is 0 Å². The Morgan fingerprint density at radius 2 is 1.51 bits per heavy atom. The van der Waals surface area contributed by atoms with Gasteiger partial charge in [0.2, 0.25) is 11.2 Å². The number of nitrogens with two attached hydrogens (primary N) is 1. The van der Waals surface area contributed by atoms with Gasteiger partial charge in [-0.2, -0.15) is 31.8 Å². The Kier molecular flexibility index (Phi) is 9.39. The number of nitrogen functional groups attached to an aromatic ring is 1. The van der Waals surface area contributed by atoms with Gasteiger partial charge in [-0.25, -0.2) is 4.79 Å². The van der Waals surface area contributed by atoms with Crippen molar-refractivity contribution in [3.8, 4) is 6.01 Å². The summed E-state index contributed by atoms with van der Waals surface area (Å²) in [5.74, 6) is -2.50. The highest BCUT2D eigenvalue weighted by molar-refractivity contribution is 7.86. The van der Waals surface area contributed by atoms with Crippen LogP contribution in [0.3, 0.4) is 0 Å². The van der Waals surface area contributed by atoms with Gasteiger partial charge in [-0.05, 0) is 42.8 Å². The molecule has 5 rings (SSSR count). The predicted molar refractivity (Wildman–Crippen MR) is 173 cm³/mol. The van der Waals surface area contributed by atoms with Gasteiger partial charge in [0.15, 0.2) is 11.6 Å². The van der Waals surface area contributed by atoms with Crippen LogP contribution in [-0.2, 0) is 29.8 Å². The van der Waals surface area contributed by atoms with Crippen LogP contribution >= 0.6 is 11.6 Å². The molecule has 0 amide bonds. The van der Waals surface area contributed by atoms with Crippen LogP contribution in [0.5, 0.6) is 6.01 Å². The van der Waals surface area contributed by atoms with Gasteiger partial charge >= 0.3 is 12.0 Å². The van der Waals surface area contributed by atoms with Crippen molar-refractivity contribution in [2.45, 2.75) is 16.7 Å². The first-order chi connectivity index (χ1) is 23.0. The third kappa shape index (κ3) is 7.34. The van der Waals surface area contributed by atoms with Crippen LogP contribution in [0.4, 0.5) is 28.7 Å². The molecule has 6 N–H and O–H groups in total. The molecule has 17 nitrogen and oxygen atoms in total. The van der Waals surface area contributed by atoms with Gasteiger partial charge in [0, 0.05) is 22.4 Å². The number of carbonyl (C=O) groups excluding carboxylic acids is 3. The first-order valence-electron chi connectivity index (χ1n) is 13.6. The van der Waals surface area contributed by atoms with Crippen LogP contribution in [0.2, 0.25) is 5.28 Å². The Hall–Kier alpha value is -5.47. The lowest BCUT2D eigenvalue weighted by molar-refractivity contribution is -0.139. The Morgan fingerprint density at radius 1 is 0.878 bits per heavy atom. The van der Waals surface area contributed by atoms with Crippen LogP contribution in [0.15, 0.2) is 70.5 Å². The lowest BCUT2D eigenvalue weighted by atomic mass is 9.82. The van der Waals surface area contributed by atoms with Crippen molar-refractivity contribution in [3.63, 3.8) is 0 Å². The van der Waals surface area contributed by atoms with Crippen LogP contribution in [0.1, 0.15) is 38.8 Å². The van der Waals surface area contributed by atoms with Gasteiger partial charge in [0.1, 0.15) is 23.0 Å². The maximum atomic E-state index is 13.6. The molecule has 0 aliphatic heterocycles. The fraction of sp³-hybridized carbons (Fsp3) is 0.103. The molecular formula is C29H23ClN6O11S2. The number of halogens is 1. The number of hydrogen-bond donors (Lipinski definition) is 5. The Morgan fingerprint density at radius 3 is 2.12 bits per heavy atom. The summed E-state index contributed by atoms with van der Waals surface area (Å²) >= 11 is 5.98.